The van der Waals surface area contributed by atoms with Crippen LogP contribution in [-0.2, 0) is 5.41 Å². The summed E-state index contributed by atoms with van der Waals surface area (Å²) >= 11 is 0. The van der Waals surface area contributed by atoms with Crippen molar-refractivity contribution in [3.63, 3.8) is 0 Å². The molecule has 2 heteroatoms. The van der Waals surface area contributed by atoms with Gasteiger partial charge in [-0.2, -0.15) is 0 Å². The Morgan fingerprint density at radius 2 is 1.03 bits per heavy atom. The number of nitrogens with zero attached hydrogens (tertiary/aromatic N) is 2. The molecule has 276 valence electrons. The first-order valence-electron chi connectivity index (χ1n) is 20.3. The van der Waals surface area contributed by atoms with Gasteiger partial charge in [0.15, 0.2) is 0 Å². The van der Waals surface area contributed by atoms with Crippen molar-refractivity contribution in [2.45, 2.75) is 26.2 Å². The topological polar surface area (TPSA) is 8.17 Å². The number of anilines is 3. The van der Waals surface area contributed by atoms with Crippen molar-refractivity contribution in [1.82, 2.24) is 4.57 Å². The molecule has 0 atom stereocenters. The summed E-state index contributed by atoms with van der Waals surface area (Å²) in [6, 6.07) is 73.7. The van der Waals surface area contributed by atoms with Crippen molar-refractivity contribution in [3.05, 3.63) is 217 Å². The molecule has 11 rings (SSSR count). The fourth-order valence-corrected chi connectivity index (χ4v) is 9.53. The van der Waals surface area contributed by atoms with Crippen LogP contribution in [0.1, 0.15) is 30.5 Å². The molecule has 0 saturated carbocycles. The Morgan fingerprint density at radius 3 is 1.81 bits per heavy atom. The maximum Gasteiger partial charge on any atom is 0.0547 e. The Morgan fingerprint density at radius 1 is 0.414 bits per heavy atom. The standard InChI is InChI=1S/C56H42N2/c1-37-12-11-16-45(34-37)58-53-32-25-42(35-50(53)55-47-17-8-7-15-41(47)24-33-54(55)58)40-22-28-44(29-23-40)57(43-26-20-39(21-27-43)38-13-5-4-6-14-38)46-30-31-49-48-18-9-10-19-51(48)56(2,3)52(49)36-46/h4-36H,1-3H3. The number of fused-ring (bicyclic) bond motifs is 8. The maximum atomic E-state index is 2.42. The lowest BCUT2D eigenvalue weighted by molar-refractivity contribution is 0.660. The normalized spacial score (nSPS) is 12.9. The van der Waals surface area contributed by atoms with Crippen LogP contribution >= 0.6 is 0 Å². The third-order valence-corrected chi connectivity index (χ3v) is 12.4. The molecule has 0 aliphatic heterocycles. The smallest absolute Gasteiger partial charge is 0.0547 e. The molecule has 0 saturated heterocycles. The van der Waals surface area contributed by atoms with E-state index in [0.29, 0.717) is 0 Å². The molecule has 0 spiro atoms. The van der Waals surface area contributed by atoms with Gasteiger partial charge in [-0.1, -0.05) is 147 Å². The highest BCUT2D eigenvalue weighted by molar-refractivity contribution is 6.22. The summed E-state index contributed by atoms with van der Waals surface area (Å²) in [5.41, 5.74) is 18.4. The van der Waals surface area contributed by atoms with E-state index in [1.54, 1.807) is 0 Å². The number of benzene rings is 9. The van der Waals surface area contributed by atoms with Gasteiger partial charge in [-0.15, -0.1) is 0 Å². The summed E-state index contributed by atoms with van der Waals surface area (Å²) in [4.78, 5) is 2.41. The zero-order chi connectivity index (χ0) is 39.0. The van der Waals surface area contributed by atoms with Crippen molar-refractivity contribution >= 4 is 49.6 Å². The minimum Gasteiger partial charge on any atom is -0.310 e. The van der Waals surface area contributed by atoms with Crippen molar-refractivity contribution in [1.29, 1.82) is 0 Å². The Kier molecular flexibility index (Phi) is 7.78. The molecule has 0 N–H and O–H groups in total. The minimum absolute atomic E-state index is 0.0962. The quantitative estimate of drug-likeness (QED) is 0.165. The Bertz CT molecular complexity index is 3190. The summed E-state index contributed by atoms with van der Waals surface area (Å²) in [6.07, 6.45) is 0. The van der Waals surface area contributed by atoms with E-state index in [4.69, 9.17) is 0 Å². The summed E-state index contributed by atoms with van der Waals surface area (Å²) in [7, 11) is 0. The second-order valence-corrected chi connectivity index (χ2v) is 16.3. The molecule has 58 heavy (non-hydrogen) atoms. The van der Waals surface area contributed by atoms with E-state index in [1.165, 1.54) is 88.3 Å². The van der Waals surface area contributed by atoms with Crippen LogP contribution in [0, 0.1) is 6.92 Å². The van der Waals surface area contributed by atoms with E-state index in [9.17, 15) is 0 Å². The molecule has 1 aromatic heterocycles. The highest BCUT2D eigenvalue weighted by atomic mass is 15.1. The van der Waals surface area contributed by atoms with Gasteiger partial charge in [0.2, 0.25) is 0 Å². The third-order valence-electron chi connectivity index (χ3n) is 12.4. The molecule has 0 fully saturated rings. The van der Waals surface area contributed by atoms with Gasteiger partial charge >= 0.3 is 0 Å². The van der Waals surface area contributed by atoms with Gasteiger partial charge in [-0.3, -0.25) is 0 Å². The molecular weight excluding hydrogens is 701 g/mol. The predicted molar refractivity (Wildman–Crippen MR) is 246 cm³/mol. The lowest BCUT2D eigenvalue weighted by atomic mass is 9.82. The van der Waals surface area contributed by atoms with Gasteiger partial charge in [0, 0.05) is 38.9 Å². The number of rotatable bonds is 6. The number of aromatic nitrogens is 1. The largest absolute Gasteiger partial charge is 0.310 e. The average Bonchev–Trinajstić information content (AvgIpc) is 3.72. The molecule has 1 aliphatic rings. The van der Waals surface area contributed by atoms with Crippen molar-refractivity contribution in [2.75, 3.05) is 4.90 Å². The van der Waals surface area contributed by atoms with Gasteiger partial charge < -0.3 is 9.47 Å². The number of hydrogen-bond donors (Lipinski definition) is 0. The first-order chi connectivity index (χ1) is 28.4. The number of aryl methyl sites for hydroxylation is 1. The Labute approximate surface area is 339 Å². The van der Waals surface area contributed by atoms with Crippen LogP contribution in [0.2, 0.25) is 0 Å². The molecule has 2 nitrogen and oxygen atoms in total. The van der Waals surface area contributed by atoms with E-state index in [1.807, 2.05) is 0 Å². The molecule has 1 heterocycles. The molecule has 9 aromatic carbocycles. The first kappa shape index (κ1) is 34.1. The number of hydrogen-bond acceptors (Lipinski definition) is 1. The van der Waals surface area contributed by atoms with E-state index in [-0.39, 0.29) is 5.41 Å². The summed E-state index contributed by atoms with van der Waals surface area (Å²) < 4.78 is 2.42. The summed E-state index contributed by atoms with van der Waals surface area (Å²) in [5.74, 6) is 0. The minimum atomic E-state index is -0.0962. The maximum absolute atomic E-state index is 2.42. The highest BCUT2D eigenvalue weighted by Crippen LogP contribution is 2.51. The molecule has 0 unspecified atom stereocenters. The Balaban J connectivity index is 1.04. The van der Waals surface area contributed by atoms with Gasteiger partial charge in [0.05, 0.1) is 11.0 Å². The molecule has 0 bridgehead atoms. The monoisotopic (exact) mass is 742 g/mol. The molecule has 10 aromatic rings. The average molecular weight is 743 g/mol. The van der Waals surface area contributed by atoms with Crippen LogP contribution in [0.3, 0.4) is 0 Å². The zero-order valence-electron chi connectivity index (χ0n) is 32.9. The van der Waals surface area contributed by atoms with Crippen molar-refractivity contribution in [2.24, 2.45) is 0 Å². The lowest BCUT2D eigenvalue weighted by Crippen LogP contribution is -2.16. The zero-order valence-corrected chi connectivity index (χ0v) is 32.9. The fraction of sp³-hybridized carbons (Fsp3) is 0.0714. The molecule has 0 amide bonds. The van der Waals surface area contributed by atoms with Crippen LogP contribution in [0.5, 0.6) is 0 Å². The fourth-order valence-electron chi connectivity index (χ4n) is 9.53. The van der Waals surface area contributed by atoms with Crippen LogP contribution in [0.25, 0.3) is 71.6 Å². The van der Waals surface area contributed by atoms with E-state index in [0.717, 1.165) is 17.1 Å². The van der Waals surface area contributed by atoms with Crippen LogP contribution in [0.4, 0.5) is 17.1 Å². The van der Waals surface area contributed by atoms with Gasteiger partial charge in [-0.25, -0.2) is 0 Å². The Hall–Kier alpha value is -7.16. The molecule has 0 radical (unpaired) electrons. The van der Waals surface area contributed by atoms with Crippen molar-refractivity contribution in [3.8, 4) is 39.1 Å². The second kappa shape index (κ2) is 13.2. The van der Waals surface area contributed by atoms with Gasteiger partial charge in [0.25, 0.3) is 0 Å². The molecule has 1 aliphatic carbocycles. The van der Waals surface area contributed by atoms with Gasteiger partial charge in [-0.05, 0) is 134 Å². The van der Waals surface area contributed by atoms with Crippen LogP contribution in [0.15, 0.2) is 200 Å². The van der Waals surface area contributed by atoms with E-state index in [2.05, 4.69) is 230 Å². The first-order valence-corrected chi connectivity index (χ1v) is 20.3. The summed E-state index contributed by atoms with van der Waals surface area (Å²) in [5, 5.41) is 5.08. The lowest BCUT2D eigenvalue weighted by Gasteiger charge is -2.28. The van der Waals surface area contributed by atoms with Crippen molar-refractivity contribution < 1.29 is 0 Å². The summed E-state index contributed by atoms with van der Waals surface area (Å²) in [6.45, 7) is 6.87. The van der Waals surface area contributed by atoms with Crippen LogP contribution in [-0.4, -0.2) is 4.57 Å². The van der Waals surface area contributed by atoms with E-state index < -0.39 is 0 Å². The van der Waals surface area contributed by atoms with E-state index >= 15 is 0 Å². The SMILES string of the molecule is Cc1cccc(-n2c3ccc(-c4ccc(N(c5ccc(-c6ccccc6)cc5)c5ccc6c(c5)C(C)(C)c5ccccc5-6)cc4)cc3c3c4ccccc4ccc32)c1. The third kappa shape index (κ3) is 5.40. The highest BCUT2D eigenvalue weighted by Gasteiger charge is 2.35. The second-order valence-electron chi connectivity index (χ2n) is 16.3. The van der Waals surface area contributed by atoms with Crippen LogP contribution < -0.4 is 4.90 Å². The van der Waals surface area contributed by atoms with Gasteiger partial charge in [0.1, 0.15) is 0 Å². The predicted octanol–water partition coefficient (Wildman–Crippen LogP) is 15.4. The molecular formula is C56H42N2.